The summed E-state index contributed by atoms with van der Waals surface area (Å²) < 4.78 is 6.81. The minimum Gasteiger partial charge on any atom is -0.484 e. The van der Waals surface area contributed by atoms with Gasteiger partial charge in [0.05, 0.1) is 0 Å². The number of allylic oxidation sites excluding steroid dienone is 2. The minimum atomic E-state index is -0.414. The molecular formula is C20H17BrN2O4. The zero-order valence-electron chi connectivity index (χ0n) is 14.4. The first-order chi connectivity index (χ1) is 13.0. The van der Waals surface area contributed by atoms with Crippen LogP contribution in [0, 0.1) is 0 Å². The van der Waals surface area contributed by atoms with Crippen molar-refractivity contribution < 1.29 is 19.1 Å². The maximum Gasteiger partial charge on any atom is 0.249 e. The van der Waals surface area contributed by atoms with E-state index >= 15 is 0 Å². The Morgan fingerprint density at radius 2 is 2.07 bits per heavy atom. The van der Waals surface area contributed by atoms with Gasteiger partial charge in [0.1, 0.15) is 12.6 Å². The summed E-state index contributed by atoms with van der Waals surface area (Å²) >= 11 is 3.42. The predicted molar refractivity (Wildman–Crippen MR) is 101 cm³/mol. The van der Waals surface area contributed by atoms with Gasteiger partial charge in [0.15, 0.2) is 5.76 Å². The van der Waals surface area contributed by atoms with Crippen molar-refractivity contribution in [3.63, 3.8) is 0 Å². The zero-order valence-corrected chi connectivity index (χ0v) is 16.0. The molecule has 1 aliphatic carbocycles. The van der Waals surface area contributed by atoms with Crippen LogP contribution < -0.4 is 5.32 Å². The normalized spacial score (nSPS) is 22.0. The number of ketones is 1. The van der Waals surface area contributed by atoms with Crippen LogP contribution in [0.5, 0.6) is 0 Å². The maximum absolute atomic E-state index is 12.4. The van der Waals surface area contributed by atoms with Gasteiger partial charge in [-0.1, -0.05) is 28.1 Å². The molecule has 1 saturated heterocycles. The summed E-state index contributed by atoms with van der Waals surface area (Å²) in [6.07, 6.45) is 5.87. The molecule has 0 radical (unpaired) electrons. The lowest BCUT2D eigenvalue weighted by molar-refractivity contribution is -0.136. The van der Waals surface area contributed by atoms with E-state index in [1.54, 1.807) is 6.08 Å². The molecule has 3 aliphatic rings. The van der Waals surface area contributed by atoms with Gasteiger partial charge in [-0.3, -0.25) is 19.7 Å². The van der Waals surface area contributed by atoms with E-state index in [1.165, 1.54) is 6.08 Å². The van der Waals surface area contributed by atoms with Gasteiger partial charge in [-0.15, -0.1) is 0 Å². The van der Waals surface area contributed by atoms with E-state index in [4.69, 9.17) is 4.74 Å². The second-order valence-electron chi connectivity index (χ2n) is 6.65. The second kappa shape index (κ2) is 7.15. The molecule has 1 fully saturated rings. The number of imide groups is 1. The van der Waals surface area contributed by atoms with Crippen LogP contribution in [0.15, 0.2) is 64.0 Å². The first-order valence-electron chi connectivity index (χ1n) is 8.66. The van der Waals surface area contributed by atoms with E-state index in [0.717, 1.165) is 21.2 Å². The van der Waals surface area contributed by atoms with Crippen molar-refractivity contribution in [3.05, 3.63) is 69.6 Å². The van der Waals surface area contributed by atoms with Crippen LogP contribution >= 0.6 is 15.9 Å². The lowest BCUT2D eigenvalue weighted by atomic mass is 10.00. The standard InChI is InChI=1S/C20H17BrN2O4/c21-14-3-1-2-12(8-14)11-27-19-15-10-23(9-13(15)4-6-17(19)24)16-5-7-18(25)22-20(16)26/h1-4,6,8-9,16H,5,7,10-11H2,(H,22,25,26). The van der Waals surface area contributed by atoms with E-state index in [9.17, 15) is 14.4 Å². The summed E-state index contributed by atoms with van der Waals surface area (Å²) in [4.78, 5) is 37.8. The lowest BCUT2D eigenvalue weighted by Gasteiger charge is -2.29. The minimum absolute atomic E-state index is 0.178. The fourth-order valence-electron chi connectivity index (χ4n) is 3.45. The van der Waals surface area contributed by atoms with Crippen molar-refractivity contribution in [2.45, 2.75) is 25.5 Å². The number of piperidine rings is 1. The van der Waals surface area contributed by atoms with Crippen LogP contribution in [0.3, 0.4) is 0 Å². The van der Waals surface area contributed by atoms with E-state index < -0.39 is 6.04 Å². The average molecular weight is 429 g/mol. The average Bonchev–Trinajstić information content (AvgIpc) is 3.05. The van der Waals surface area contributed by atoms with E-state index in [-0.39, 0.29) is 24.2 Å². The van der Waals surface area contributed by atoms with Crippen LogP contribution in [0.1, 0.15) is 18.4 Å². The first-order valence-corrected chi connectivity index (χ1v) is 9.45. The highest BCUT2D eigenvalue weighted by molar-refractivity contribution is 9.10. The molecule has 138 valence electrons. The fourth-order valence-corrected chi connectivity index (χ4v) is 3.90. The Hall–Kier alpha value is -2.67. The Bertz CT molecular complexity index is 932. The maximum atomic E-state index is 12.4. The molecule has 2 amide bonds. The Morgan fingerprint density at radius 1 is 1.22 bits per heavy atom. The summed E-state index contributed by atoms with van der Waals surface area (Å²) in [5.41, 5.74) is 2.59. The Balaban J connectivity index is 1.54. The Kier molecular flexibility index (Phi) is 4.70. The SMILES string of the molecule is O=C1CCC(N2C=C3C=CC(=O)C(OCc4cccc(Br)c4)=C3C2)C(=O)N1. The quantitative estimate of drug-likeness (QED) is 0.744. The number of halogens is 1. The van der Waals surface area contributed by atoms with Crippen molar-refractivity contribution >= 4 is 33.5 Å². The molecule has 6 nitrogen and oxygen atoms in total. The van der Waals surface area contributed by atoms with Gasteiger partial charge in [0, 0.05) is 29.2 Å². The molecule has 1 aromatic carbocycles. The number of fused-ring (bicyclic) bond motifs is 1. The summed E-state index contributed by atoms with van der Waals surface area (Å²) in [5, 5.41) is 2.37. The molecule has 2 heterocycles. The molecule has 0 bridgehead atoms. The van der Waals surface area contributed by atoms with Gasteiger partial charge in [-0.25, -0.2) is 0 Å². The van der Waals surface area contributed by atoms with Crippen molar-refractivity contribution in [3.8, 4) is 0 Å². The molecule has 27 heavy (non-hydrogen) atoms. The first kappa shape index (κ1) is 17.7. The topological polar surface area (TPSA) is 75.7 Å². The molecule has 0 aromatic heterocycles. The van der Waals surface area contributed by atoms with Crippen LogP contribution in [0.4, 0.5) is 0 Å². The number of ether oxygens (including phenoxy) is 1. The monoisotopic (exact) mass is 428 g/mol. The van der Waals surface area contributed by atoms with Crippen LogP contribution in [-0.2, 0) is 25.7 Å². The largest absolute Gasteiger partial charge is 0.484 e. The number of carbonyl (C=O) groups is 3. The fraction of sp³-hybridized carbons (Fsp3) is 0.250. The summed E-state index contributed by atoms with van der Waals surface area (Å²) in [5.74, 6) is -0.400. The number of hydrogen-bond acceptors (Lipinski definition) is 5. The third-order valence-corrected chi connectivity index (χ3v) is 5.28. The summed E-state index contributed by atoms with van der Waals surface area (Å²) in [6.45, 7) is 0.690. The lowest BCUT2D eigenvalue weighted by Crippen LogP contribution is -2.50. The number of carbonyl (C=O) groups excluding carboxylic acids is 3. The highest BCUT2D eigenvalue weighted by atomic mass is 79.9. The van der Waals surface area contributed by atoms with Gasteiger partial charge in [-0.05, 0) is 41.8 Å². The highest BCUT2D eigenvalue weighted by Gasteiger charge is 2.36. The molecule has 0 spiro atoms. The molecule has 1 N–H and O–H groups in total. The third kappa shape index (κ3) is 3.60. The van der Waals surface area contributed by atoms with E-state index in [1.807, 2.05) is 35.4 Å². The number of amides is 2. The molecular weight excluding hydrogens is 412 g/mol. The third-order valence-electron chi connectivity index (χ3n) is 4.79. The number of nitrogens with one attached hydrogen (secondary N) is 1. The molecule has 1 atom stereocenters. The molecule has 4 rings (SSSR count). The van der Waals surface area contributed by atoms with Crippen molar-refractivity contribution in [1.29, 1.82) is 0 Å². The second-order valence-corrected chi connectivity index (χ2v) is 7.56. The van der Waals surface area contributed by atoms with E-state index in [0.29, 0.717) is 25.1 Å². The Labute approximate surface area is 164 Å². The number of hydrogen-bond donors (Lipinski definition) is 1. The van der Waals surface area contributed by atoms with Crippen LogP contribution in [0.25, 0.3) is 0 Å². The molecule has 2 aliphatic heterocycles. The van der Waals surface area contributed by atoms with Gasteiger partial charge < -0.3 is 9.64 Å². The van der Waals surface area contributed by atoms with Crippen molar-refractivity contribution in [2.75, 3.05) is 6.54 Å². The van der Waals surface area contributed by atoms with Crippen molar-refractivity contribution in [1.82, 2.24) is 10.2 Å². The van der Waals surface area contributed by atoms with Crippen molar-refractivity contribution in [2.24, 2.45) is 0 Å². The number of nitrogens with zero attached hydrogens (tertiary/aromatic N) is 1. The highest BCUT2D eigenvalue weighted by Crippen LogP contribution is 2.32. The molecule has 1 aromatic rings. The van der Waals surface area contributed by atoms with Crippen LogP contribution in [0.2, 0.25) is 0 Å². The molecule has 0 saturated carbocycles. The van der Waals surface area contributed by atoms with Gasteiger partial charge in [0.2, 0.25) is 17.6 Å². The Morgan fingerprint density at radius 3 is 2.85 bits per heavy atom. The van der Waals surface area contributed by atoms with Gasteiger partial charge in [-0.2, -0.15) is 0 Å². The molecule has 1 unspecified atom stereocenters. The smallest absolute Gasteiger partial charge is 0.249 e. The predicted octanol–water partition coefficient (Wildman–Crippen LogP) is 2.36. The van der Waals surface area contributed by atoms with Crippen LogP contribution in [-0.4, -0.2) is 35.1 Å². The van der Waals surface area contributed by atoms with Gasteiger partial charge in [0.25, 0.3) is 0 Å². The molecule has 7 heteroatoms. The number of rotatable bonds is 4. The number of benzene rings is 1. The zero-order chi connectivity index (χ0) is 19.0. The van der Waals surface area contributed by atoms with Gasteiger partial charge >= 0.3 is 0 Å². The summed E-state index contributed by atoms with van der Waals surface area (Å²) in [6, 6.07) is 7.29. The summed E-state index contributed by atoms with van der Waals surface area (Å²) in [7, 11) is 0. The van der Waals surface area contributed by atoms with E-state index in [2.05, 4.69) is 21.2 Å².